The summed E-state index contributed by atoms with van der Waals surface area (Å²) in [5, 5.41) is 4.57. The van der Waals surface area contributed by atoms with Crippen LogP contribution in [-0.4, -0.2) is 14.8 Å². The van der Waals surface area contributed by atoms with Crippen LogP contribution in [-0.2, 0) is 12.8 Å². The first-order valence-electron chi connectivity index (χ1n) is 5.76. The maximum Gasteiger partial charge on any atom is 0.153 e. The van der Waals surface area contributed by atoms with E-state index >= 15 is 0 Å². The topological polar surface area (TPSA) is 30.7 Å². The molecule has 0 aliphatic rings. The standard InChI is InChI=1S/C13H17N3/c1-4-11-9-12(5-2)16(15-11)13-8-6-7-10(3)14-13/h6-9H,4-5H2,1-3H3. The van der Waals surface area contributed by atoms with Crippen LogP contribution in [0.1, 0.15) is 30.9 Å². The summed E-state index contributed by atoms with van der Waals surface area (Å²) in [6, 6.07) is 8.17. The molecule has 0 amide bonds. The highest BCUT2D eigenvalue weighted by Gasteiger charge is 2.07. The average Bonchev–Trinajstić information content (AvgIpc) is 2.72. The Labute approximate surface area is 96.1 Å². The van der Waals surface area contributed by atoms with Crippen LogP contribution >= 0.6 is 0 Å². The zero-order valence-corrected chi connectivity index (χ0v) is 10.1. The lowest BCUT2D eigenvalue weighted by Crippen LogP contribution is -2.04. The molecule has 0 atom stereocenters. The molecule has 2 heterocycles. The Hall–Kier alpha value is -1.64. The second-order valence-corrected chi connectivity index (χ2v) is 3.88. The van der Waals surface area contributed by atoms with Gasteiger partial charge in [0.05, 0.1) is 5.69 Å². The Kier molecular flexibility index (Phi) is 3.04. The third-order valence-electron chi connectivity index (χ3n) is 2.65. The van der Waals surface area contributed by atoms with E-state index < -0.39 is 0 Å². The van der Waals surface area contributed by atoms with Crippen LogP contribution in [0.25, 0.3) is 5.82 Å². The van der Waals surface area contributed by atoms with Crippen LogP contribution in [0.2, 0.25) is 0 Å². The van der Waals surface area contributed by atoms with Crippen LogP contribution in [0.3, 0.4) is 0 Å². The minimum absolute atomic E-state index is 0.913. The van der Waals surface area contributed by atoms with E-state index in [0.717, 1.165) is 30.0 Å². The van der Waals surface area contributed by atoms with Gasteiger partial charge in [0.1, 0.15) is 0 Å². The van der Waals surface area contributed by atoms with Crippen molar-refractivity contribution in [1.29, 1.82) is 0 Å². The summed E-state index contributed by atoms with van der Waals surface area (Å²) in [7, 11) is 0. The van der Waals surface area contributed by atoms with E-state index in [1.807, 2.05) is 29.8 Å². The van der Waals surface area contributed by atoms with E-state index in [1.165, 1.54) is 5.69 Å². The van der Waals surface area contributed by atoms with E-state index in [0.29, 0.717) is 0 Å². The normalized spacial score (nSPS) is 10.7. The zero-order chi connectivity index (χ0) is 11.5. The monoisotopic (exact) mass is 215 g/mol. The van der Waals surface area contributed by atoms with Crippen LogP contribution in [0.15, 0.2) is 24.3 Å². The quantitative estimate of drug-likeness (QED) is 0.788. The van der Waals surface area contributed by atoms with Crippen LogP contribution < -0.4 is 0 Å². The molecule has 0 spiro atoms. The Bertz CT molecular complexity index is 486. The van der Waals surface area contributed by atoms with Crippen molar-refractivity contribution < 1.29 is 0 Å². The molecule has 2 rings (SSSR count). The van der Waals surface area contributed by atoms with E-state index in [2.05, 4.69) is 30.0 Å². The van der Waals surface area contributed by atoms with Crippen molar-refractivity contribution in [3.8, 4) is 5.82 Å². The number of nitrogens with zero attached hydrogens (tertiary/aromatic N) is 3. The molecular weight excluding hydrogens is 198 g/mol. The molecule has 0 aliphatic heterocycles. The second kappa shape index (κ2) is 4.47. The number of aryl methyl sites for hydroxylation is 3. The van der Waals surface area contributed by atoms with Crippen molar-refractivity contribution >= 4 is 0 Å². The first-order chi connectivity index (χ1) is 7.74. The molecule has 0 radical (unpaired) electrons. The van der Waals surface area contributed by atoms with Gasteiger partial charge in [-0.15, -0.1) is 0 Å². The lowest BCUT2D eigenvalue weighted by Gasteiger charge is -2.05. The largest absolute Gasteiger partial charge is 0.234 e. The number of aromatic nitrogens is 3. The molecule has 0 aromatic carbocycles. The minimum Gasteiger partial charge on any atom is -0.234 e. The van der Waals surface area contributed by atoms with E-state index in [1.54, 1.807) is 0 Å². The molecule has 0 bridgehead atoms. The zero-order valence-electron chi connectivity index (χ0n) is 10.1. The van der Waals surface area contributed by atoms with Gasteiger partial charge < -0.3 is 0 Å². The Morgan fingerprint density at radius 1 is 1.19 bits per heavy atom. The number of pyridine rings is 1. The smallest absolute Gasteiger partial charge is 0.153 e. The molecule has 16 heavy (non-hydrogen) atoms. The summed E-state index contributed by atoms with van der Waals surface area (Å²) in [5.41, 5.74) is 3.36. The lowest BCUT2D eigenvalue weighted by molar-refractivity contribution is 0.769. The molecule has 3 heteroatoms. The van der Waals surface area contributed by atoms with Gasteiger partial charge in [-0.1, -0.05) is 19.9 Å². The first-order valence-corrected chi connectivity index (χ1v) is 5.76. The molecule has 0 N–H and O–H groups in total. The molecule has 3 nitrogen and oxygen atoms in total. The lowest BCUT2D eigenvalue weighted by atomic mass is 10.2. The van der Waals surface area contributed by atoms with Gasteiger partial charge in [-0.2, -0.15) is 5.10 Å². The molecule has 0 aliphatic carbocycles. The molecular formula is C13H17N3. The molecule has 84 valence electrons. The van der Waals surface area contributed by atoms with Crippen molar-refractivity contribution in [2.75, 3.05) is 0 Å². The fourth-order valence-electron chi connectivity index (χ4n) is 1.74. The molecule has 2 aromatic heterocycles. The van der Waals surface area contributed by atoms with Gasteiger partial charge in [0, 0.05) is 11.4 Å². The highest BCUT2D eigenvalue weighted by molar-refractivity contribution is 5.27. The van der Waals surface area contributed by atoms with E-state index in [9.17, 15) is 0 Å². The highest BCUT2D eigenvalue weighted by atomic mass is 15.3. The maximum absolute atomic E-state index is 4.57. The van der Waals surface area contributed by atoms with Crippen molar-refractivity contribution in [2.24, 2.45) is 0 Å². The summed E-state index contributed by atoms with van der Waals surface area (Å²) >= 11 is 0. The SMILES string of the molecule is CCc1cc(CC)n(-c2cccc(C)n2)n1. The molecule has 0 saturated carbocycles. The van der Waals surface area contributed by atoms with Crippen molar-refractivity contribution in [1.82, 2.24) is 14.8 Å². The molecule has 0 saturated heterocycles. The number of hydrogen-bond donors (Lipinski definition) is 0. The summed E-state index contributed by atoms with van der Waals surface area (Å²) in [5.74, 6) is 0.913. The van der Waals surface area contributed by atoms with Gasteiger partial charge in [0.2, 0.25) is 0 Å². The van der Waals surface area contributed by atoms with Crippen LogP contribution in [0, 0.1) is 6.92 Å². The van der Waals surface area contributed by atoms with Gasteiger partial charge in [-0.25, -0.2) is 9.67 Å². The van der Waals surface area contributed by atoms with Crippen molar-refractivity contribution in [2.45, 2.75) is 33.6 Å². The first kappa shape index (κ1) is 10.9. The van der Waals surface area contributed by atoms with Gasteiger partial charge in [0.25, 0.3) is 0 Å². The van der Waals surface area contributed by atoms with Gasteiger partial charge >= 0.3 is 0 Å². The van der Waals surface area contributed by atoms with Crippen molar-refractivity contribution in [3.63, 3.8) is 0 Å². The predicted octanol–water partition coefficient (Wildman–Crippen LogP) is 2.70. The summed E-state index contributed by atoms with van der Waals surface area (Å²) in [6.07, 6.45) is 1.94. The molecule has 0 fully saturated rings. The third-order valence-corrected chi connectivity index (χ3v) is 2.65. The average molecular weight is 215 g/mol. The minimum atomic E-state index is 0.913. The fourth-order valence-corrected chi connectivity index (χ4v) is 1.74. The van der Waals surface area contributed by atoms with E-state index in [-0.39, 0.29) is 0 Å². The number of hydrogen-bond acceptors (Lipinski definition) is 2. The molecule has 0 unspecified atom stereocenters. The summed E-state index contributed by atoms with van der Waals surface area (Å²) in [4.78, 5) is 4.50. The summed E-state index contributed by atoms with van der Waals surface area (Å²) in [6.45, 7) is 6.26. The summed E-state index contributed by atoms with van der Waals surface area (Å²) < 4.78 is 1.95. The number of rotatable bonds is 3. The third kappa shape index (κ3) is 1.98. The van der Waals surface area contributed by atoms with E-state index in [4.69, 9.17) is 0 Å². The second-order valence-electron chi connectivity index (χ2n) is 3.88. The van der Waals surface area contributed by atoms with Gasteiger partial charge in [0.15, 0.2) is 5.82 Å². The van der Waals surface area contributed by atoms with Crippen molar-refractivity contribution in [3.05, 3.63) is 41.3 Å². The Morgan fingerprint density at radius 3 is 2.62 bits per heavy atom. The Morgan fingerprint density at radius 2 is 2.00 bits per heavy atom. The van der Waals surface area contributed by atoms with Gasteiger partial charge in [-0.05, 0) is 38.0 Å². The maximum atomic E-state index is 4.57. The fraction of sp³-hybridized carbons (Fsp3) is 0.385. The predicted molar refractivity (Wildman–Crippen MR) is 64.9 cm³/mol. The highest BCUT2D eigenvalue weighted by Crippen LogP contribution is 2.12. The van der Waals surface area contributed by atoms with Crippen LogP contribution in [0.4, 0.5) is 0 Å². The Balaban J connectivity index is 2.50. The van der Waals surface area contributed by atoms with Crippen LogP contribution in [0.5, 0.6) is 0 Å². The molecule has 2 aromatic rings. The van der Waals surface area contributed by atoms with Gasteiger partial charge in [-0.3, -0.25) is 0 Å².